The average Bonchev–Trinajstić information content (AvgIpc) is 3.33. The number of hydrogen-bond donors (Lipinski definition) is 1. The molecule has 1 N–H and O–H groups in total. The summed E-state index contributed by atoms with van der Waals surface area (Å²) < 4.78 is 12.4. The number of halogens is 2. The standard InChI is InChI=1S/C23H25BrClN3O3S/c1-6-8-14(28(5)22(29)31-23(2,3)4)11-17-19(24)20-21(30-17)16(12-18(25)27-20)26-13-15-9-7-10-32-15/h7,9-10,12,14H,11,13H2,1-5H3,(H,26,27). The highest BCUT2D eigenvalue weighted by Gasteiger charge is 2.27. The van der Waals surface area contributed by atoms with Gasteiger partial charge in [-0.1, -0.05) is 23.6 Å². The van der Waals surface area contributed by atoms with Crippen molar-refractivity contribution in [3.8, 4) is 11.8 Å². The molecule has 1 atom stereocenters. The van der Waals surface area contributed by atoms with Gasteiger partial charge in [-0.05, 0) is 55.1 Å². The molecule has 1 unspecified atom stereocenters. The van der Waals surface area contributed by atoms with Crippen molar-refractivity contribution < 1.29 is 13.9 Å². The third-order valence-corrected chi connectivity index (χ3v) is 6.38. The number of carbonyl (C=O) groups is 1. The number of aromatic nitrogens is 1. The molecule has 0 aromatic carbocycles. The van der Waals surface area contributed by atoms with Gasteiger partial charge in [0.1, 0.15) is 28.1 Å². The van der Waals surface area contributed by atoms with Crippen LogP contribution in [0.2, 0.25) is 5.15 Å². The number of ether oxygens (including phenoxy) is 1. The third kappa shape index (κ3) is 5.97. The molecule has 1 amide bonds. The lowest BCUT2D eigenvalue weighted by Gasteiger charge is -2.27. The van der Waals surface area contributed by atoms with E-state index in [-0.39, 0.29) is 0 Å². The summed E-state index contributed by atoms with van der Waals surface area (Å²) >= 11 is 11.5. The van der Waals surface area contributed by atoms with E-state index < -0.39 is 17.7 Å². The van der Waals surface area contributed by atoms with Gasteiger partial charge in [0.15, 0.2) is 5.58 Å². The number of anilines is 1. The van der Waals surface area contributed by atoms with Crippen LogP contribution >= 0.6 is 38.9 Å². The molecule has 0 aliphatic heterocycles. The summed E-state index contributed by atoms with van der Waals surface area (Å²) in [4.78, 5) is 19.7. The molecule has 3 aromatic rings. The van der Waals surface area contributed by atoms with Gasteiger partial charge < -0.3 is 14.5 Å². The topological polar surface area (TPSA) is 67.6 Å². The number of amides is 1. The summed E-state index contributed by atoms with van der Waals surface area (Å²) in [6.45, 7) is 7.86. The van der Waals surface area contributed by atoms with Crippen molar-refractivity contribution in [3.05, 3.63) is 43.8 Å². The Labute approximate surface area is 205 Å². The minimum absolute atomic E-state index is 0.356. The third-order valence-electron chi connectivity index (χ3n) is 4.49. The molecule has 0 saturated carbocycles. The van der Waals surface area contributed by atoms with Gasteiger partial charge in [0.05, 0.1) is 10.2 Å². The van der Waals surface area contributed by atoms with Crippen LogP contribution in [-0.2, 0) is 17.7 Å². The van der Waals surface area contributed by atoms with E-state index in [1.807, 2.05) is 32.2 Å². The fourth-order valence-corrected chi connectivity index (χ4v) is 4.35. The number of thiophene rings is 1. The number of carbonyl (C=O) groups excluding carboxylic acids is 1. The van der Waals surface area contributed by atoms with Crippen molar-refractivity contribution in [2.24, 2.45) is 0 Å². The normalized spacial score (nSPS) is 12.2. The number of nitrogens with one attached hydrogen (secondary N) is 1. The maximum Gasteiger partial charge on any atom is 0.411 e. The van der Waals surface area contributed by atoms with Crippen LogP contribution in [0.4, 0.5) is 10.5 Å². The van der Waals surface area contributed by atoms with Gasteiger partial charge in [-0.3, -0.25) is 4.90 Å². The van der Waals surface area contributed by atoms with Crippen LogP contribution in [0.3, 0.4) is 0 Å². The van der Waals surface area contributed by atoms with Gasteiger partial charge in [-0.2, -0.15) is 0 Å². The molecule has 0 aliphatic rings. The van der Waals surface area contributed by atoms with E-state index >= 15 is 0 Å². The van der Waals surface area contributed by atoms with Crippen LogP contribution in [0.5, 0.6) is 0 Å². The number of likely N-dealkylation sites (N-methyl/N-ethyl adjacent to an activating group) is 1. The van der Waals surface area contributed by atoms with Crippen LogP contribution in [0.25, 0.3) is 11.1 Å². The molecule has 170 valence electrons. The number of furan rings is 1. The Morgan fingerprint density at radius 1 is 1.47 bits per heavy atom. The monoisotopic (exact) mass is 537 g/mol. The molecule has 9 heteroatoms. The second-order valence-electron chi connectivity index (χ2n) is 8.15. The zero-order valence-corrected chi connectivity index (χ0v) is 21.7. The SMILES string of the molecule is CC#CC(Cc1oc2c(NCc3cccs3)cc(Cl)nc2c1Br)N(C)C(=O)OC(C)(C)C. The van der Waals surface area contributed by atoms with Crippen LogP contribution in [0.1, 0.15) is 38.3 Å². The zero-order valence-electron chi connectivity index (χ0n) is 18.6. The van der Waals surface area contributed by atoms with E-state index in [1.165, 1.54) is 9.78 Å². The Bertz CT molecular complexity index is 1160. The molecule has 3 heterocycles. The van der Waals surface area contributed by atoms with Crippen molar-refractivity contribution >= 4 is 61.7 Å². The Morgan fingerprint density at radius 3 is 2.84 bits per heavy atom. The van der Waals surface area contributed by atoms with Crippen molar-refractivity contribution in [2.75, 3.05) is 12.4 Å². The summed E-state index contributed by atoms with van der Waals surface area (Å²) in [5.74, 6) is 6.59. The van der Waals surface area contributed by atoms with E-state index in [1.54, 1.807) is 31.4 Å². The minimum atomic E-state index is -0.598. The average molecular weight is 539 g/mol. The lowest BCUT2D eigenvalue weighted by molar-refractivity contribution is 0.0259. The van der Waals surface area contributed by atoms with Gasteiger partial charge in [0.25, 0.3) is 0 Å². The molecular weight excluding hydrogens is 514 g/mol. The lowest BCUT2D eigenvalue weighted by atomic mass is 10.1. The Kier molecular flexibility index (Phi) is 7.75. The zero-order chi connectivity index (χ0) is 23.5. The Balaban J connectivity index is 1.89. The first-order valence-corrected chi connectivity index (χ1v) is 12.1. The van der Waals surface area contributed by atoms with E-state index in [4.69, 9.17) is 20.8 Å². The summed E-state index contributed by atoms with van der Waals surface area (Å²) in [6.07, 6.45) is -0.0906. The molecule has 6 nitrogen and oxygen atoms in total. The fraction of sp³-hybridized carbons (Fsp3) is 0.391. The van der Waals surface area contributed by atoms with E-state index in [9.17, 15) is 4.79 Å². The maximum atomic E-state index is 12.6. The largest absolute Gasteiger partial charge is 0.456 e. The number of pyridine rings is 1. The minimum Gasteiger partial charge on any atom is -0.456 e. The summed E-state index contributed by atoms with van der Waals surface area (Å²) in [5, 5.41) is 5.76. The van der Waals surface area contributed by atoms with Gasteiger partial charge in [-0.25, -0.2) is 9.78 Å². The van der Waals surface area contributed by atoms with Crippen LogP contribution in [0, 0.1) is 11.8 Å². The highest BCUT2D eigenvalue weighted by molar-refractivity contribution is 9.10. The van der Waals surface area contributed by atoms with Crippen molar-refractivity contribution in [1.82, 2.24) is 9.88 Å². The second-order valence-corrected chi connectivity index (χ2v) is 10.4. The number of hydrogen-bond acceptors (Lipinski definition) is 6. The van der Waals surface area contributed by atoms with Crippen LogP contribution < -0.4 is 5.32 Å². The molecule has 0 aliphatic carbocycles. The molecule has 32 heavy (non-hydrogen) atoms. The van der Waals surface area contributed by atoms with Gasteiger partial charge in [-0.15, -0.1) is 17.3 Å². The number of nitrogens with zero attached hydrogens (tertiary/aromatic N) is 2. The Morgan fingerprint density at radius 2 is 2.22 bits per heavy atom. The van der Waals surface area contributed by atoms with E-state index in [0.29, 0.717) is 39.5 Å². The highest BCUT2D eigenvalue weighted by atomic mass is 79.9. The quantitative estimate of drug-likeness (QED) is 0.279. The smallest absolute Gasteiger partial charge is 0.411 e. The summed E-state index contributed by atoms with van der Waals surface area (Å²) in [6, 6.07) is 5.37. The van der Waals surface area contributed by atoms with Crippen molar-refractivity contribution in [1.29, 1.82) is 0 Å². The maximum absolute atomic E-state index is 12.6. The molecule has 0 radical (unpaired) electrons. The molecule has 0 bridgehead atoms. The van der Waals surface area contributed by atoms with Crippen LogP contribution in [-0.4, -0.2) is 34.7 Å². The van der Waals surface area contributed by atoms with Crippen molar-refractivity contribution in [2.45, 2.75) is 52.3 Å². The molecule has 0 fully saturated rings. The molecule has 0 saturated heterocycles. The van der Waals surface area contributed by atoms with E-state index in [0.717, 1.165) is 5.69 Å². The lowest BCUT2D eigenvalue weighted by Crippen LogP contribution is -2.41. The number of rotatable bonds is 6. The molecule has 3 rings (SSSR count). The summed E-state index contributed by atoms with van der Waals surface area (Å²) in [5.41, 5.74) is 1.36. The Hall–Kier alpha value is -2.21. The van der Waals surface area contributed by atoms with Gasteiger partial charge in [0.2, 0.25) is 0 Å². The predicted octanol–water partition coefficient (Wildman–Crippen LogP) is 6.72. The highest BCUT2D eigenvalue weighted by Crippen LogP contribution is 2.36. The molecule has 0 spiro atoms. The summed E-state index contributed by atoms with van der Waals surface area (Å²) in [7, 11) is 1.67. The van der Waals surface area contributed by atoms with Gasteiger partial charge >= 0.3 is 6.09 Å². The first-order valence-electron chi connectivity index (χ1n) is 10.0. The fourth-order valence-electron chi connectivity index (χ4n) is 3.00. The van der Waals surface area contributed by atoms with E-state index in [2.05, 4.69) is 44.1 Å². The van der Waals surface area contributed by atoms with Gasteiger partial charge in [0, 0.05) is 31.0 Å². The molecule has 3 aromatic heterocycles. The predicted molar refractivity (Wildman–Crippen MR) is 133 cm³/mol. The first kappa shape index (κ1) is 24.4. The molecular formula is C23H25BrClN3O3S. The number of fused-ring (bicyclic) bond motifs is 1. The second kappa shape index (κ2) is 10.2. The van der Waals surface area contributed by atoms with Crippen molar-refractivity contribution in [3.63, 3.8) is 0 Å². The van der Waals surface area contributed by atoms with Crippen LogP contribution in [0.15, 0.2) is 32.5 Å². The first-order chi connectivity index (χ1) is 15.1.